The van der Waals surface area contributed by atoms with Gasteiger partial charge in [0.2, 0.25) is 5.91 Å². The molecule has 0 bridgehead atoms. The molecule has 1 aliphatic carbocycles. The summed E-state index contributed by atoms with van der Waals surface area (Å²) in [5, 5.41) is 2.95. The Bertz CT molecular complexity index is 504. The van der Waals surface area contributed by atoms with Crippen LogP contribution < -0.4 is 5.32 Å². The molecule has 0 aromatic carbocycles. The van der Waals surface area contributed by atoms with E-state index in [0.717, 1.165) is 32.1 Å². The van der Waals surface area contributed by atoms with Gasteiger partial charge in [0.15, 0.2) is 0 Å². The van der Waals surface area contributed by atoms with Crippen molar-refractivity contribution in [1.29, 1.82) is 0 Å². The number of amides is 1. The summed E-state index contributed by atoms with van der Waals surface area (Å²) in [5.41, 5.74) is 0. The van der Waals surface area contributed by atoms with Crippen molar-refractivity contribution in [2.45, 2.75) is 57.5 Å². The molecular formula is C14H25N3O3S. The third-order valence-electron chi connectivity index (χ3n) is 4.67. The molecule has 0 aromatic heterocycles. The minimum Gasteiger partial charge on any atom is -0.352 e. The van der Waals surface area contributed by atoms with Gasteiger partial charge < -0.3 is 5.32 Å². The molecule has 2 atom stereocenters. The fourth-order valence-electron chi connectivity index (χ4n) is 3.31. The molecule has 6 nitrogen and oxygen atoms in total. The lowest BCUT2D eigenvalue weighted by atomic mass is 10.0. The molecule has 21 heavy (non-hydrogen) atoms. The predicted molar refractivity (Wildman–Crippen MR) is 79.8 cm³/mol. The number of hydrogen-bond donors (Lipinski definition) is 1. The van der Waals surface area contributed by atoms with Crippen LogP contribution in [-0.4, -0.2) is 54.7 Å². The van der Waals surface area contributed by atoms with Crippen molar-refractivity contribution in [1.82, 2.24) is 13.9 Å². The minimum atomic E-state index is -3.50. The van der Waals surface area contributed by atoms with Crippen molar-refractivity contribution >= 4 is 16.1 Å². The van der Waals surface area contributed by atoms with Gasteiger partial charge in [-0.15, -0.1) is 0 Å². The number of piperidine rings is 1. The van der Waals surface area contributed by atoms with Crippen LogP contribution in [-0.2, 0) is 15.0 Å². The summed E-state index contributed by atoms with van der Waals surface area (Å²) in [6.45, 7) is 3.72. The van der Waals surface area contributed by atoms with Gasteiger partial charge in [0.05, 0.1) is 0 Å². The van der Waals surface area contributed by atoms with Crippen molar-refractivity contribution in [2.75, 3.05) is 19.6 Å². The van der Waals surface area contributed by atoms with Gasteiger partial charge in [-0.05, 0) is 44.4 Å². The lowest BCUT2D eigenvalue weighted by molar-refractivity contribution is -0.124. The molecule has 1 saturated carbocycles. The zero-order chi connectivity index (χ0) is 15.0. The Kier molecular flexibility index (Phi) is 4.25. The van der Waals surface area contributed by atoms with Crippen LogP contribution in [0.25, 0.3) is 0 Å². The molecule has 2 heterocycles. The van der Waals surface area contributed by atoms with Crippen LogP contribution in [0.2, 0.25) is 0 Å². The summed E-state index contributed by atoms with van der Waals surface area (Å²) in [5.74, 6) is 0.290. The van der Waals surface area contributed by atoms with Crippen LogP contribution in [0.1, 0.15) is 45.4 Å². The molecular weight excluding hydrogens is 290 g/mol. The Morgan fingerprint density at radius 2 is 1.81 bits per heavy atom. The highest BCUT2D eigenvalue weighted by Crippen LogP contribution is 2.28. The van der Waals surface area contributed by atoms with E-state index >= 15 is 0 Å². The van der Waals surface area contributed by atoms with Gasteiger partial charge in [0.1, 0.15) is 6.04 Å². The highest BCUT2D eigenvalue weighted by Gasteiger charge is 2.43. The van der Waals surface area contributed by atoms with Crippen LogP contribution in [0.3, 0.4) is 0 Å². The molecule has 120 valence electrons. The summed E-state index contributed by atoms with van der Waals surface area (Å²) >= 11 is 0. The third-order valence-corrected chi connectivity index (χ3v) is 6.69. The van der Waals surface area contributed by atoms with Crippen LogP contribution in [0.5, 0.6) is 0 Å². The van der Waals surface area contributed by atoms with Crippen LogP contribution >= 0.6 is 0 Å². The van der Waals surface area contributed by atoms with Crippen molar-refractivity contribution < 1.29 is 13.2 Å². The van der Waals surface area contributed by atoms with Crippen LogP contribution in [0.4, 0.5) is 0 Å². The van der Waals surface area contributed by atoms with E-state index in [2.05, 4.69) is 12.2 Å². The monoisotopic (exact) mass is 315 g/mol. The molecule has 7 heteroatoms. The van der Waals surface area contributed by atoms with E-state index in [1.54, 1.807) is 4.31 Å². The second-order valence-corrected chi connectivity index (χ2v) is 8.55. The maximum Gasteiger partial charge on any atom is 0.282 e. The standard InChI is InChI=1S/C14H25N3O3S/c1-11-4-2-8-16(10-11)21(19,20)17-9-3-5-13(17)14(18)15-12-6-7-12/h11-13H,2-10H2,1H3,(H,15,18)/t11-,13-/m1/s1. The fourth-order valence-corrected chi connectivity index (χ4v) is 5.29. The smallest absolute Gasteiger partial charge is 0.282 e. The maximum atomic E-state index is 12.8. The molecule has 3 fully saturated rings. The first kappa shape index (κ1) is 15.2. The summed E-state index contributed by atoms with van der Waals surface area (Å²) in [7, 11) is -3.50. The van der Waals surface area contributed by atoms with E-state index in [1.165, 1.54) is 4.31 Å². The molecule has 0 radical (unpaired) electrons. The average Bonchev–Trinajstić information content (AvgIpc) is 3.10. The number of nitrogens with one attached hydrogen (secondary N) is 1. The molecule has 2 aliphatic heterocycles. The van der Waals surface area contributed by atoms with E-state index < -0.39 is 16.3 Å². The van der Waals surface area contributed by atoms with Gasteiger partial charge >= 0.3 is 0 Å². The second-order valence-electron chi connectivity index (χ2n) is 6.66. The molecule has 3 aliphatic rings. The molecule has 0 spiro atoms. The first-order valence-electron chi connectivity index (χ1n) is 8.06. The van der Waals surface area contributed by atoms with Gasteiger partial charge in [-0.3, -0.25) is 4.79 Å². The number of hydrogen-bond acceptors (Lipinski definition) is 3. The quantitative estimate of drug-likeness (QED) is 0.830. The number of nitrogens with zero attached hydrogens (tertiary/aromatic N) is 2. The molecule has 1 N–H and O–H groups in total. The van der Waals surface area contributed by atoms with Crippen LogP contribution in [0, 0.1) is 5.92 Å². The SMILES string of the molecule is C[C@@H]1CCCN(S(=O)(=O)N2CCC[C@@H]2C(=O)NC2CC2)C1. The minimum absolute atomic E-state index is 0.108. The van der Waals surface area contributed by atoms with Gasteiger partial charge in [-0.1, -0.05) is 6.92 Å². The molecule has 3 rings (SSSR count). The van der Waals surface area contributed by atoms with Crippen molar-refractivity contribution in [3.8, 4) is 0 Å². The fraction of sp³-hybridized carbons (Fsp3) is 0.929. The zero-order valence-electron chi connectivity index (χ0n) is 12.6. The Balaban J connectivity index is 1.71. The van der Waals surface area contributed by atoms with E-state index in [4.69, 9.17) is 0 Å². The van der Waals surface area contributed by atoms with Gasteiger partial charge in [-0.25, -0.2) is 0 Å². The topological polar surface area (TPSA) is 69.7 Å². The zero-order valence-corrected chi connectivity index (χ0v) is 13.4. The predicted octanol–water partition coefficient (Wildman–Crippen LogP) is 0.706. The normalized spacial score (nSPS) is 32.2. The van der Waals surface area contributed by atoms with Crippen LogP contribution in [0.15, 0.2) is 0 Å². The number of carbonyl (C=O) groups is 1. The van der Waals surface area contributed by atoms with E-state index in [1.807, 2.05) is 0 Å². The molecule has 1 amide bonds. The number of rotatable bonds is 4. The van der Waals surface area contributed by atoms with Crippen molar-refractivity contribution in [3.05, 3.63) is 0 Å². The van der Waals surface area contributed by atoms with E-state index in [-0.39, 0.29) is 11.9 Å². The maximum absolute atomic E-state index is 12.8. The van der Waals surface area contributed by atoms with Gasteiger partial charge in [0, 0.05) is 25.7 Å². The molecule has 0 unspecified atom stereocenters. The summed E-state index contributed by atoms with van der Waals surface area (Å²) in [6.07, 6.45) is 5.45. The second kappa shape index (κ2) is 5.85. The Hall–Kier alpha value is -0.660. The lowest BCUT2D eigenvalue weighted by Gasteiger charge is -2.34. The first-order chi connectivity index (χ1) is 9.98. The molecule has 2 saturated heterocycles. The largest absolute Gasteiger partial charge is 0.352 e. The third kappa shape index (κ3) is 3.24. The van der Waals surface area contributed by atoms with Crippen molar-refractivity contribution in [2.24, 2.45) is 5.92 Å². The Morgan fingerprint density at radius 3 is 2.48 bits per heavy atom. The summed E-state index contributed by atoms with van der Waals surface area (Å²) in [4.78, 5) is 12.3. The van der Waals surface area contributed by atoms with Crippen molar-refractivity contribution in [3.63, 3.8) is 0 Å². The first-order valence-corrected chi connectivity index (χ1v) is 9.45. The summed E-state index contributed by atoms with van der Waals surface area (Å²) in [6, 6.07) is -0.231. The summed E-state index contributed by atoms with van der Waals surface area (Å²) < 4.78 is 28.6. The van der Waals surface area contributed by atoms with Gasteiger partial charge in [-0.2, -0.15) is 17.0 Å². The Labute approximate surface area is 127 Å². The highest BCUT2D eigenvalue weighted by atomic mass is 32.2. The average molecular weight is 315 g/mol. The van der Waals surface area contributed by atoms with Gasteiger partial charge in [0.25, 0.3) is 10.2 Å². The number of carbonyl (C=O) groups excluding carboxylic acids is 1. The van der Waals surface area contributed by atoms with E-state index in [0.29, 0.717) is 32.0 Å². The Morgan fingerprint density at radius 1 is 1.10 bits per heavy atom. The highest BCUT2D eigenvalue weighted by molar-refractivity contribution is 7.86. The lowest BCUT2D eigenvalue weighted by Crippen LogP contribution is -2.53. The molecule has 0 aromatic rings. The van der Waals surface area contributed by atoms with E-state index in [9.17, 15) is 13.2 Å².